The van der Waals surface area contributed by atoms with Crippen LogP contribution in [0.1, 0.15) is 18.3 Å². The van der Waals surface area contributed by atoms with Crippen LogP contribution >= 0.6 is 23.2 Å². The maximum absolute atomic E-state index is 5.81. The quantitative estimate of drug-likeness (QED) is 0.783. The minimum absolute atomic E-state index is 0.350. The number of hydrogen-bond acceptors (Lipinski definition) is 3. The normalized spacial score (nSPS) is 10.5. The lowest BCUT2D eigenvalue weighted by atomic mass is 10.2. The lowest BCUT2D eigenvalue weighted by molar-refractivity contribution is 0.318. The van der Waals surface area contributed by atoms with E-state index in [9.17, 15) is 0 Å². The van der Waals surface area contributed by atoms with Gasteiger partial charge in [-0.15, -0.1) is 0 Å². The summed E-state index contributed by atoms with van der Waals surface area (Å²) in [7, 11) is 0. The smallest absolute Gasteiger partial charge is 0.135 e. The molecule has 0 saturated heterocycles. The third-order valence-corrected chi connectivity index (χ3v) is 3.00. The molecule has 1 aromatic heterocycles. The van der Waals surface area contributed by atoms with Gasteiger partial charge >= 0.3 is 0 Å². The number of halogens is 2. The Balaban J connectivity index is 1.92. The first kappa shape index (κ1) is 14.1. The molecule has 2 aromatic rings. The first-order valence-electron chi connectivity index (χ1n) is 6.08. The van der Waals surface area contributed by atoms with Crippen molar-refractivity contribution in [3.05, 3.63) is 52.0 Å². The van der Waals surface area contributed by atoms with E-state index in [1.54, 1.807) is 0 Å². The molecular weight excluding hydrogens is 283 g/mol. The van der Waals surface area contributed by atoms with Crippen LogP contribution in [-0.4, -0.2) is 16.6 Å². The number of aromatic nitrogens is 2. The van der Waals surface area contributed by atoms with Gasteiger partial charge in [0, 0.05) is 12.5 Å². The fourth-order valence-corrected chi connectivity index (χ4v) is 2.12. The first-order valence-corrected chi connectivity index (χ1v) is 6.83. The Morgan fingerprint density at radius 3 is 2.53 bits per heavy atom. The molecule has 0 saturated carbocycles. The maximum Gasteiger partial charge on any atom is 0.135 e. The van der Waals surface area contributed by atoms with E-state index in [-0.39, 0.29) is 0 Å². The molecule has 0 N–H and O–H groups in total. The van der Waals surface area contributed by atoms with E-state index < -0.39 is 0 Å². The molecule has 0 aliphatic carbocycles. The minimum atomic E-state index is 0.350. The zero-order valence-corrected chi connectivity index (χ0v) is 12.1. The van der Waals surface area contributed by atoms with Crippen molar-refractivity contribution in [1.29, 1.82) is 0 Å². The Morgan fingerprint density at radius 1 is 1.11 bits per heavy atom. The predicted octanol–water partition coefficient (Wildman–Crippen LogP) is 3.97. The molecule has 0 atom stereocenters. The van der Waals surface area contributed by atoms with Gasteiger partial charge in [-0.05, 0) is 24.1 Å². The number of nitrogens with zero attached hydrogens (tertiary/aromatic N) is 2. The number of hydrogen-bond donors (Lipinski definition) is 0. The van der Waals surface area contributed by atoms with Crippen LogP contribution in [-0.2, 0) is 12.8 Å². The average molecular weight is 297 g/mol. The molecule has 1 aromatic carbocycles. The fourth-order valence-electron chi connectivity index (χ4n) is 1.66. The van der Waals surface area contributed by atoms with Crippen LogP contribution in [0.15, 0.2) is 30.3 Å². The van der Waals surface area contributed by atoms with Crippen molar-refractivity contribution in [2.75, 3.05) is 6.61 Å². The lowest BCUT2D eigenvalue weighted by Crippen LogP contribution is -2.05. The monoisotopic (exact) mass is 296 g/mol. The SMILES string of the molecule is CCc1cccc(OCCc2nc(Cl)cc(Cl)n2)c1. The van der Waals surface area contributed by atoms with Gasteiger partial charge in [-0.2, -0.15) is 0 Å². The van der Waals surface area contributed by atoms with Gasteiger partial charge in [0.05, 0.1) is 6.61 Å². The van der Waals surface area contributed by atoms with Crippen molar-refractivity contribution >= 4 is 23.2 Å². The highest BCUT2D eigenvalue weighted by atomic mass is 35.5. The van der Waals surface area contributed by atoms with Crippen molar-refractivity contribution in [3.8, 4) is 5.75 Å². The molecule has 0 amide bonds. The molecule has 0 bridgehead atoms. The van der Waals surface area contributed by atoms with E-state index >= 15 is 0 Å². The van der Waals surface area contributed by atoms with Crippen molar-refractivity contribution in [2.45, 2.75) is 19.8 Å². The second-order valence-corrected chi connectivity index (χ2v) is 4.80. The van der Waals surface area contributed by atoms with E-state index in [2.05, 4.69) is 23.0 Å². The van der Waals surface area contributed by atoms with E-state index in [0.29, 0.717) is 29.2 Å². The second kappa shape index (κ2) is 6.73. The van der Waals surface area contributed by atoms with Gasteiger partial charge in [0.2, 0.25) is 0 Å². The van der Waals surface area contributed by atoms with Crippen LogP contribution in [0.25, 0.3) is 0 Å². The highest BCUT2D eigenvalue weighted by molar-refractivity contribution is 6.33. The highest BCUT2D eigenvalue weighted by Gasteiger charge is 2.03. The Hall–Kier alpha value is -1.32. The highest BCUT2D eigenvalue weighted by Crippen LogP contribution is 2.15. The number of benzene rings is 1. The fraction of sp³-hybridized carbons (Fsp3) is 0.286. The van der Waals surface area contributed by atoms with Crippen molar-refractivity contribution in [1.82, 2.24) is 9.97 Å². The standard InChI is InChI=1S/C14H14Cl2N2O/c1-2-10-4-3-5-11(8-10)19-7-6-14-17-12(15)9-13(16)18-14/h3-5,8-9H,2,6-7H2,1H3. The van der Waals surface area contributed by atoms with Crippen LogP contribution in [0.3, 0.4) is 0 Å². The molecule has 0 fully saturated rings. The van der Waals surface area contributed by atoms with Gasteiger partial charge in [-0.1, -0.05) is 42.3 Å². The third kappa shape index (κ3) is 4.37. The Labute approximate surface area is 122 Å². The Bertz CT molecular complexity index is 541. The first-order chi connectivity index (χ1) is 9.17. The largest absolute Gasteiger partial charge is 0.493 e. The van der Waals surface area contributed by atoms with Crippen LogP contribution in [0.2, 0.25) is 10.3 Å². The summed E-state index contributed by atoms with van der Waals surface area (Å²) in [4.78, 5) is 8.18. The van der Waals surface area contributed by atoms with E-state index in [1.807, 2.05) is 18.2 Å². The van der Waals surface area contributed by atoms with Crippen LogP contribution in [0, 0.1) is 0 Å². The van der Waals surface area contributed by atoms with E-state index in [4.69, 9.17) is 27.9 Å². The molecule has 0 spiro atoms. The number of ether oxygens (including phenoxy) is 1. The molecule has 0 aliphatic rings. The van der Waals surface area contributed by atoms with Gasteiger partial charge in [-0.3, -0.25) is 0 Å². The minimum Gasteiger partial charge on any atom is -0.493 e. The molecule has 100 valence electrons. The van der Waals surface area contributed by atoms with Crippen molar-refractivity contribution in [3.63, 3.8) is 0 Å². The summed E-state index contributed by atoms with van der Waals surface area (Å²) in [5.41, 5.74) is 1.25. The summed E-state index contributed by atoms with van der Waals surface area (Å²) in [6.45, 7) is 2.60. The molecule has 0 unspecified atom stereocenters. The summed E-state index contributed by atoms with van der Waals surface area (Å²) >= 11 is 11.6. The molecule has 2 rings (SSSR count). The van der Waals surface area contributed by atoms with Crippen LogP contribution in [0.5, 0.6) is 5.75 Å². The lowest BCUT2D eigenvalue weighted by Gasteiger charge is -2.07. The summed E-state index contributed by atoms with van der Waals surface area (Å²) < 4.78 is 5.67. The topological polar surface area (TPSA) is 35.0 Å². The molecule has 3 nitrogen and oxygen atoms in total. The zero-order valence-electron chi connectivity index (χ0n) is 10.6. The maximum atomic E-state index is 5.81. The zero-order chi connectivity index (χ0) is 13.7. The molecule has 19 heavy (non-hydrogen) atoms. The summed E-state index contributed by atoms with van der Waals surface area (Å²) in [5, 5.41) is 0.700. The third-order valence-electron chi connectivity index (χ3n) is 2.61. The molecular formula is C14H14Cl2N2O. The number of rotatable bonds is 5. The Kier molecular flexibility index (Phi) is 5.00. The summed E-state index contributed by atoms with van der Waals surface area (Å²) in [6, 6.07) is 9.54. The van der Waals surface area contributed by atoms with Crippen molar-refractivity contribution < 1.29 is 4.74 Å². The molecule has 5 heteroatoms. The van der Waals surface area contributed by atoms with Gasteiger partial charge in [-0.25, -0.2) is 9.97 Å². The van der Waals surface area contributed by atoms with Crippen molar-refractivity contribution in [2.24, 2.45) is 0 Å². The predicted molar refractivity (Wildman–Crippen MR) is 77.1 cm³/mol. The molecule has 0 radical (unpaired) electrons. The van der Waals surface area contributed by atoms with E-state index in [0.717, 1.165) is 12.2 Å². The average Bonchev–Trinajstić information content (AvgIpc) is 2.38. The van der Waals surface area contributed by atoms with Crippen LogP contribution < -0.4 is 4.74 Å². The summed E-state index contributed by atoms with van der Waals surface area (Å²) in [5.74, 6) is 1.44. The second-order valence-electron chi connectivity index (χ2n) is 4.03. The summed E-state index contributed by atoms with van der Waals surface area (Å²) in [6.07, 6.45) is 1.56. The number of aryl methyl sites for hydroxylation is 1. The molecule has 0 aliphatic heterocycles. The van der Waals surface area contributed by atoms with Gasteiger partial charge in [0.15, 0.2) is 0 Å². The van der Waals surface area contributed by atoms with E-state index in [1.165, 1.54) is 11.6 Å². The van der Waals surface area contributed by atoms with Gasteiger partial charge < -0.3 is 4.74 Å². The molecule has 1 heterocycles. The Morgan fingerprint density at radius 2 is 1.84 bits per heavy atom. The van der Waals surface area contributed by atoms with Crippen LogP contribution in [0.4, 0.5) is 0 Å². The van der Waals surface area contributed by atoms with Gasteiger partial charge in [0.25, 0.3) is 0 Å². The van der Waals surface area contributed by atoms with Gasteiger partial charge in [0.1, 0.15) is 21.9 Å².